The number of amides is 1. The molecule has 0 spiro atoms. The predicted molar refractivity (Wildman–Crippen MR) is 101 cm³/mol. The van der Waals surface area contributed by atoms with Crippen molar-refractivity contribution in [1.82, 2.24) is 4.90 Å². The molecule has 1 fully saturated rings. The highest BCUT2D eigenvalue weighted by molar-refractivity contribution is 5.94. The fraction of sp³-hybridized carbons (Fsp3) is 0.350. The van der Waals surface area contributed by atoms with Crippen molar-refractivity contribution < 1.29 is 22.7 Å². The van der Waals surface area contributed by atoms with Crippen LogP contribution in [-0.2, 0) is 4.79 Å². The smallest absolute Gasteiger partial charge is 0.241 e. The first kappa shape index (κ1) is 20.0. The van der Waals surface area contributed by atoms with E-state index in [4.69, 9.17) is 4.74 Å². The van der Waals surface area contributed by atoms with E-state index in [1.165, 1.54) is 0 Å². The highest BCUT2D eigenvalue weighted by Gasteiger charge is 2.27. The maximum atomic E-state index is 13.8. The van der Waals surface area contributed by atoms with Crippen LogP contribution in [0.25, 0.3) is 0 Å². The summed E-state index contributed by atoms with van der Waals surface area (Å²) in [4.78, 5) is 16.6. The molecule has 5 nitrogen and oxygen atoms in total. The van der Waals surface area contributed by atoms with Gasteiger partial charge in [0.25, 0.3) is 0 Å². The molecule has 28 heavy (non-hydrogen) atoms. The molecule has 150 valence electrons. The molecule has 0 aromatic heterocycles. The molecule has 8 heteroatoms. The van der Waals surface area contributed by atoms with E-state index in [1.54, 1.807) is 14.0 Å². The largest absolute Gasteiger partial charge is 0.497 e. The summed E-state index contributed by atoms with van der Waals surface area (Å²) in [5.74, 6) is -3.97. The molecular weight excluding hydrogens is 371 g/mol. The Hall–Kier alpha value is -2.74. The third-order valence-corrected chi connectivity index (χ3v) is 4.97. The van der Waals surface area contributed by atoms with Gasteiger partial charge in [0, 0.05) is 31.9 Å². The topological polar surface area (TPSA) is 44.8 Å². The Bertz CT molecular complexity index is 837. The number of nitrogens with one attached hydrogen (secondary N) is 1. The van der Waals surface area contributed by atoms with Crippen LogP contribution in [0.2, 0.25) is 0 Å². The van der Waals surface area contributed by atoms with Crippen molar-refractivity contribution in [2.24, 2.45) is 0 Å². The van der Waals surface area contributed by atoms with Gasteiger partial charge in [-0.15, -0.1) is 0 Å². The van der Waals surface area contributed by atoms with Crippen molar-refractivity contribution in [1.29, 1.82) is 0 Å². The highest BCUT2D eigenvalue weighted by atomic mass is 19.2. The molecule has 1 heterocycles. The summed E-state index contributed by atoms with van der Waals surface area (Å²) in [5, 5.41) is 2.34. The first-order valence-corrected chi connectivity index (χ1v) is 8.98. The van der Waals surface area contributed by atoms with E-state index < -0.39 is 29.4 Å². The van der Waals surface area contributed by atoms with Crippen molar-refractivity contribution in [2.45, 2.75) is 13.0 Å². The monoisotopic (exact) mass is 393 g/mol. The zero-order valence-electron chi connectivity index (χ0n) is 15.7. The Labute approximate surface area is 161 Å². The second-order valence-electron chi connectivity index (χ2n) is 6.61. The summed E-state index contributed by atoms with van der Waals surface area (Å²) in [6, 6.07) is 9.02. The van der Waals surface area contributed by atoms with Crippen LogP contribution in [0.1, 0.15) is 6.92 Å². The summed E-state index contributed by atoms with van der Waals surface area (Å²) >= 11 is 0. The molecule has 2 aromatic carbocycles. The number of rotatable bonds is 5. The molecule has 1 saturated heterocycles. The molecule has 1 atom stereocenters. The number of methoxy groups -OCH3 is 1. The van der Waals surface area contributed by atoms with E-state index >= 15 is 0 Å². The van der Waals surface area contributed by atoms with Gasteiger partial charge in [0.2, 0.25) is 5.91 Å². The van der Waals surface area contributed by atoms with Gasteiger partial charge >= 0.3 is 0 Å². The van der Waals surface area contributed by atoms with Gasteiger partial charge in [-0.1, -0.05) is 0 Å². The van der Waals surface area contributed by atoms with E-state index in [2.05, 4.69) is 10.2 Å². The molecule has 0 aliphatic carbocycles. The van der Waals surface area contributed by atoms with Crippen LogP contribution in [0, 0.1) is 17.5 Å². The minimum Gasteiger partial charge on any atom is -0.497 e. The predicted octanol–water partition coefficient (Wildman–Crippen LogP) is 3.26. The van der Waals surface area contributed by atoms with Crippen LogP contribution in [0.15, 0.2) is 36.4 Å². The quantitative estimate of drug-likeness (QED) is 0.792. The van der Waals surface area contributed by atoms with Gasteiger partial charge in [0.05, 0.1) is 18.8 Å². The molecule has 3 rings (SSSR count). The van der Waals surface area contributed by atoms with Crippen LogP contribution < -0.4 is 15.0 Å². The van der Waals surface area contributed by atoms with Crippen molar-refractivity contribution in [3.8, 4) is 5.75 Å². The number of benzene rings is 2. The number of piperazine rings is 1. The average molecular weight is 393 g/mol. The van der Waals surface area contributed by atoms with Gasteiger partial charge in [-0.2, -0.15) is 0 Å². The fourth-order valence-corrected chi connectivity index (χ4v) is 3.19. The Morgan fingerprint density at radius 2 is 1.64 bits per heavy atom. The third kappa shape index (κ3) is 4.22. The van der Waals surface area contributed by atoms with Crippen molar-refractivity contribution in [2.75, 3.05) is 43.5 Å². The SMILES string of the molecule is COc1ccc(N2CCN(C(C)C(=O)Nc3ccc(F)c(F)c3F)CC2)cc1. The van der Waals surface area contributed by atoms with Crippen LogP contribution in [0.3, 0.4) is 0 Å². The molecule has 1 aliphatic heterocycles. The van der Waals surface area contributed by atoms with Gasteiger partial charge in [-0.05, 0) is 43.3 Å². The number of halogens is 3. The molecule has 1 unspecified atom stereocenters. The highest BCUT2D eigenvalue weighted by Crippen LogP contribution is 2.22. The number of anilines is 2. The summed E-state index contributed by atoms with van der Waals surface area (Å²) in [6.07, 6.45) is 0. The standard InChI is InChI=1S/C20H22F3N3O2/c1-13(20(27)24-17-8-7-16(21)18(22)19(17)23)25-9-11-26(12-10-25)14-3-5-15(28-2)6-4-14/h3-8,13H,9-12H2,1-2H3,(H,24,27). The molecule has 1 amide bonds. The maximum Gasteiger partial charge on any atom is 0.241 e. The summed E-state index contributed by atoms with van der Waals surface area (Å²) < 4.78 is 45.3. The summed E-state index contributed by atoms with van der Waals surface area (Å²) in [6.45, 7) is 4.44. The molecule has 0 radical (unpaired) electrons. The molecular formula is C20H22F3N3O2. The van der Waals surface area contributed by atoms with Gasteiger partial charge < -0.3 is 15.0 Å². The maximum absolute atomic E-state index is 13.8. The van der Waals surface area contributed by atoms with Gasteiger partial charge in [-0.3, -0.25) is 9.69 Å². The Balaban J connectivity index is 1.57. The van der Waals surface area contributed by atoms with Crippen molar-refractivity contribution in [3.63, 3.8) is 0 Å². The lowest BCUT2D eigenvalue weighted by Gasteiger charge is -2.38. The molecule has 0 saturated carbocycles. The van der Waals surface area contributed by atoms with E-state index in [0.29, 0.717) is 13.1 Å². The lowest BCUT2D eigenvalue weighted by Crippen LogP contribution is -2.52. The second-order valence-corrected chi connectivity index (χ2v) is 6.61. The molecule has 2 aromatic rings. The lowest BCUT2D eigenvalue weighted by molar-refractivity contribution is -0.120. The number of hydrogen-bond donors (Lipinski definition) is 1. The zero-order valence-corrected chi connectivity index (χ0v) is 15.7. The summed E-state index contributed by atoms with van der Waals surface area (Å²) in [7, 11) is 1.62. The van der Waals surface area contributed by atoms with E-state index in [1.807, 2.05) is 29.2 Å². The molecule has 0 bridgehead atoms. The van der Waals surface area contributed by atoms with E-state index in [9.17, 15) is 18.0 Å². The third-order valence-electron chi connectivity index (χ3n) is 4.97. The van der Waals surface area contributed by atoms with Crippen molar-refractivity contribution in [3.05, 3.63) is 53.8 Å². The second kappa shape index (κ2) is 8.52. The number of hydrogen-bond acceptors (Lipinski definition) is 4. The number of carbonyl (C=O) groups is 1. The van der Waals surface area contributed by atoms with E-state index in [0.717, 1.165) is 36.7 Å². The Morgan fingerprint density at radius 1 is 1.00 bits per heavy atom. The van der Waals surface area contributed by atoms with Gasteiger partial charge in [0.15, 0.2) is 17.5 Å². The van der Waals surface area contributed by atoms with Crippen LogP contribution in [-0.4, -0.2) is 50.1 Å². The normalized spacial score (nSPS) is 16.0. The van der Waals surface area contributed by atoms with Gasteiger partial charge in [0.1, 0.15) is 5.75 Å². The number of carbonyl (C=O) groups excluding carboxylic acids is 1. The summed E-state index contributed by atoms with van der Waals surface area (Å²) in [5.41, 5.74) is 0.703. The number of ether oxygens (including phenoxy) is 1. The minimum atomic E-state index is -1.60. The lowest BCUT2D eigenvalue weighted by atomic mass is 10.2. The van der Waals surface area contributed by atoms with Crippen LogP contribution >= 0.6 is 0 Å². The average Bonchev–Trinajstić information content (AvgIpc) is 2.73. The zero-order chi connectivity index (χ0) is 20.3. The van der Waals surface area contributed by atoms with Crippen LogP contribution in [0.5, 0.6) is 5.75 Å². The van der Waals surface area contributed by atoms with Crippen LogP contribution in [0.4, 0.5) is 24.5 Å². The minimum absolute atomic E-state index is 0.368. The molecule has 1 aliphatic rings. The Kier molecular flexibility index (Phi) is 6.08. The first-order chi connectivity index (χ1) is 13.4. The van der Waals surface area contributed by atoms with E-state index in [-0.39, 0.29) is 5.69 Å². The number of nitrogens with zero attached hydrogens (tertiary/aromatic N) is 2. The first-order valence-electron chi connectivity index (χ1n) is 8.98. The van der Waals surface area contributed by atoms with Crippen molar-refractivity contribution >= 4 is 17.3 Å². The Morgan fingerprint density at radius 3 is 2.25 bits per heavy atom. The fourth-order valence-electron chi connectivity index (χ4n) is 3.19. The molecule has 1 N–H and O–H groups in total. The van der Waals surface area contributed by atoms with Gasteiger partial charge in [-0.25, -0.2) is 13.2 Å².